The fourth-order valence-electron chi connectivity index (χ4n) is 3.09. The maximum atomic E-state index is 6.02. The van der Waals surface area contributed by atoms with E-state index in [1.54, 1.807) is 0 Å². The first-order valence-corrected chi connectivity index (χ1v) is 8.05. The highest BCUT2D eigenvalue weighted by molar-refractivity contribution is 5.07. The third-order valence-corrected chi connectivity index (χ3v) is 4.29. The molecule has 2 aromatic heterocycles. The number of nitrogens with zero attached hydrogens (tertiary/aromatic N) is 3. The van der Waals surface area contributed by atoms with Gasteiger partial charge in [0.2, 0.25) is 0 Å². The highest BCUT2D eigenvalue weighted by Gasteiger charge is 2.29. The van der Waals surface area contributed by atoms with Crippen LogP contribution in [0.3, 0.4) is 0 Å². The van der Waals surface area contributed by atoms with Gasteiger partial charge in [0.25, 0.3) is 0 Å². The molecule has 5 nitrogen and oxygen atoms in total. The van der Waals surface area contributed by atoms with E-state index in [1.807, 2.05) is 36.3 Å². The first-order chi connectivity index (χ1) is 10.8. The highest BCUT2D eigenvalue weighted by atomic mass is 16.5. The molecule has 1 aliphatic heterocycles. The number of aromatic nitrogens is 3. The van der Waals surface area contributed by atoms with Crippen molar-refractivity contribution < 1.29 is 4.74 Å². The summed E-state index contributed by atoms with van der Waals surface area (Å²) in [6.45, 7) is 2.77. The van der Waals surface area contributed by atoms with Crippen LogP contribution in [0.4, 0.5) is 0 Å². The van der Waals surface area contributed by atoms with Gasteiger partial charge in [-0.1, -0.05) is 6.07 Å². The highest BCUT2D eigenvalue weighted by Crippen LogP contribution is 2.32. The Hall–Kier alpha value is -1.72. The van der Waals surface area contributed by atoms with Crippen LogP contribution < -0.4 is 5.32 Å². The van der Waals surface area contributed by atoms with Gasteiger partial charge >= 0.3 is 0 Å². The fourth-order valence-corrected chi connectivity index (χ4v) is 3.09. The van der Waals surface area contributed by atoms with E-state index < -0.39 is 0 Å². The quantitative estimate of drug-likeness (QED) is 0.830. The van der Waals surface area contributed by atoms with E-state index in [0.29, 0.717) is 5.92 Å². The summed E-state index contributed by atoms with van der Waals surface area (Å²) in [5.41, 5.74) is 2.31. The first kappa shape index (κ1) is 15.2. The minimum atomic E-state index is 0.156. The Morgan fingerprint density at radius 1 is 1.32 bits per heavy atom. The van der Waals surface area contributed by atoms with E-state index in [2.05, 4.69) is 27.5 Å². The molecule has 1 N–H and O–H groups in total. The van der Waals surface area contributed by atoms with Crippen LogP contribution in [0.15, 0.2) is 36.7 Å². The molecule has 1 saturated heterocycles. The zero-order valence-electron chi connectivity index (χ0n) is 13.1. The molecule has 1 fully saturated rings. The van der Waals surface area contributed by atoms with Crippen LogP contribution >= 0.6 is 0 Å². The first-order valence-electron chi connectivity index (χ1n) is 8.05. The van der Waals surface area contributed by atoms with Gasteiger partial charge in [-0.05, 0) is 31.0 Å². The van der Waals surface area contributed by atoms with Crippen LogP contribution in [0.5, 0.6) is 0 Å². The number of ether oxygens (including phenoxy) is 1. The molecule has 118 valence electrons. The summed E-state index contributed by atoms with van der Waals surface area (Å²) in [4.78, 5) is 4.35. The van der Waals surface area contributed by atoms with E-state index in [1.165, 1.54) is 12.1 Å². The molecule has 5 heteroatoms. The molecule has 3 heterocycles. The van der Waals surface area contributed by atoms with Crippen LogP contribution in [0.2, 0.25) is 0 Å². The van der Waals surface area contributed by atoms with E-state index in [4.69, 9.17) is 4.74 Å². The van der Waals surface area contributed by atoms with Gasteiger partial charge in [0.1, 0.15) is 6.10 Å². The summed E-state index contributed by atoms with van der Waals surface area (Å²) >= 11 is 0. The summed E-state index contributed by atoms with van der Waals surface area (Å²) in [7, 11) is 1.98. The molecule has 2 aromatic rings. The van der Waals surface area contributed by atoms with Gasteiger partial charge in [0.15, 0.2) is 0 Å². The summed E-state index contributed by atoms with van der Waals surface area (Å²) < 4.78 is 7.95. The van der Waals surface area contributed by atoms with Gasteiger partial charge in [0, 0.05) is 57.2 Å². The molecule has 0 spiro atoms. The maximum absolute atomic E-state index is 6.02. The number of rotatable bonds is 6. The Bertz CT molecular complexity index is 569. The van der Waals surface area contributed by atoms with Crippen LogP contribution in [0.25, 0.3) is 0 Å². The fraction of sp³-hybridized carbons (Fsp3) is 0.529. The number of aryl methyl sites for hydroxylation is 1. The second-order valence-electron chi connectivity index (χ2n) is 5.85. The standard InChI is InChI=1S/C17H24N4O/c1-21-16(8-11-20-21)17-14(5-4-12-22-17)13-18-10-7-15-6-2-3-9-19-15/h2-3,6,8-9,11,14,17-18H,4-5,7,10,12-13H2,1H3/t14-,17+/m0/s1. The van der Waals surface area contributed by atoms with Crippen molar-refractivity contribution in [3.8, 4) is 0 Å². The molecule has 0 radical (unpaired) electrons. The van der Waals surface area contributed by atoms with Crippen molar-refractivity contribution in [2.75, 3.05) is 19.7 Å². The lowest BCUT2D eigenvalue weighted by atomic mass is 9.92. The molecule has 1 aliphatic rings. The third-order valence-electron chi connectivity index (χ3n) is 4.29. The zero-order valence-corrected chi connectivity index (χ0v) is 13.1. The topological polar surface area (TPSA) is 52.0 Å². The van der Waals surface area contributed by atoms with Crippen molar-refractivity contribution in [2.24, 2.45) is 13.0 Å². The molecule has 0 aliphatic carbocycles. The molecule has 22 heavy (non-hydrogen) atoms. The Labute approximate surface area is 131 Å². The SMILES string of the molecule is Cn1nccc1[C@@H]1OCCC[C@H]1CNCCc1ccccn1. The lowest BCUT2D eigenvalue weighted by molar-refractivity contribution is -0.0321. The molecular formula is C17H24N4O. The van der Waals surface area contributed by atoms with Gasteiger partial charge < -0.3 is 10.1 Å². The minimum absolute atomic E-state index is 0.156. The summed E-state index contributed by atoms with van der Waals surface area (Å²) in [6.07, 6.45) is 7.16. The maximum Gasteiger partial charge on any atom is 0.103 e. The lowest BCUT2D eigenvalue weighted by Gasteiger charge is -2.32. The number of nitrogens with one attached hydrogen (secondary N) is 1. The van der Waals surface area contributed by atoms with Crippen molar-refractivity contribution in [1.82, 2.24) is 20.1 Å². The average Bonchev–Trinajstić information content (AvgIpc) is 2.99. The van der Waals surface area contributed by atoms with Gasteiger partial charge in [0.05, 0.1) is 5.69 Å². The van der Waals surface area contributed by atoms with Crippen molar-refractivity contribution in [3.63, 3.8) is 0 Å². The largest absolute Gasteiger partial charge is 0.372 e. The smallest absolute Gasteiger partial charge is 0.103 e. The van der Waals surface area contributed by atoms with Crippen LogP contribution in [0.1, 0.15) is 30.3 Å². The predicted molar refractivity (Wildman–Crippen MR) is 85.4 cm³/mol. The second kappa shape index (κ2) is 7.51. The van der Waals surface area contributed by atoms with E-state index in [0.717, 1.165) is 38.2 Å². The lowest BCUT2D eigenvalue weighted by Crippen LogP contribution is -2.33. The van der Waals surface area contributed by atoms with E-state index in [9.17, 15) is 0 Å². The van der Waals surface area contributed by atoms with Gasteiger partial charge in [-0.2, -0.15) is 5.10 Å². The normalized spacial score (nSPS) is 21.9. The monoisotopic (exact) mass is 300 g/mol. The predicted octanol–water partition coefficient (Wildman–Crippen LogP) is 2.12. The third kappa shape index (κ3) is 3.72. The summed E-state index contributed by atoms with van der Waals surface area (Å²) in [6, 6.07) is 8.13. The van der Waals surface area contributed by atoms with Crippen LogP contribution in [0, 0.1) is 5.92 Å². The van der Waals surface area contributed by atoms with Gasteiger partial charge in [-0.25, -0.2) is 0 Å². The van der Waals surface area contributed by atoms with Crippen molar-refractivity contribution in [2.45, 2.75) is 25.4 Å². The van der Waals surface area contributed by atoms with Crippen LogP contribution in [-0.2, 0) is 18.2 Å². The molecule has 0 saturated carbocycles. The van der Waals surface area contributed by atoms with Crippen molar-refractivity contribution >= 4 is 0 Å². The van der Waals surface area contributed by atoms with E-state index in [-0.39, 0.29) is 6.10 Å². The van der Waals surface area contributed by atoms with E-state index >= 15 is 0 Å². The molecule has 3 rings (SSSR count). The molecule has 0 aromatic carbocycles. The Balaban J connectivity index is 1.51. The van der Waals surface area contributed by atoms with Gasteiger partial charge in [-0.3, -0.25) is 9.67 Å². The number of hydrogen-bond acceptors (Lipinski definition) is 4. The van der Waals surface area contributed by atoms with Gasteiger partial charge in [-0.15, -0.1) is 0 Å². The Kier molecular flexibility index (Phi) is 5.19. The molecule has 0 bridgehead atoms. The summed E-state index contributed by atoms with van der Waals surface area (Å²) in [5, 5.41) is 7.84. The molecular weight excluding hydrogens is 276 g/mol. The molecule has 2 atom stereocenters. The second-order valence-corrected chi connectivity index (χ2v) is 5.85. The Morgan fingerprint density at radius 3 is 3.05 bits per heavy atom. The Morgan fingerprint density at radius 2 is 2.27 bits per heavy atom. The van der Waals surface area contributed by atoms with Crippen LogP contribution in [-0.4, -0.2) is 34.5 Å². The number of pyridine rings is 1. The molecule has 0 unspecified atom stereocenters. The zero-order chi connectivity index (χ0) is 15.2. The minimum Gasteiger partial charge on any atom is -0.372 e. The summed E-state index contributed by atoms with van der Waals surface area (Å²) in [5.74, 6) is 0.507. The molecule has 0 amide bonds. The number of hydrogen-bond donors (Lipinski definition) is 1. The van der Waals surface area contributed by atoms with Crippen molar-refractivity contribution in [1.29, 1.82) is 0 Å². The van der Waals surface area contributed by atoms with Crippen molar-refractivity contribution in [3.05, 3.63) is 48.0 Å². The average molecular weight is 300 g/mol.